The Morgan fingerprint density at radius 2 is 1.94 bits per heavy atom. The van der Waals surface area contributed by atoms with E-state index in [0.717, 1.165) is 11.3 Å². The molecule has 2 aromatic heterocycles. The number of carbonyl (C=O) groups excluding carboxylic acids is 1. The lowest BCUT2D eigenvalue weighted by Gasteiger charge is -2.06. The Kier molecular flexibility index (Phi) is 5.93. The summed E-state index contributed by atoms with van der Waals surface area (Å²) in [7, 11) is 1.62. The average Bonchev–Trinajstić information content (AvgIpc) is 3.43. The summed E-state index contributed by atoms with van der Waals surface area (Å²) in [5.41, 5.74) is 1.83. The Balaban J connectivity index is 1.33. The summed E-state index contributed by atoms with van der Waals surface area (Å²) >= 11 is 0. The molecule has 0 saturated carbocycles. The molecule has 0 unspecified atom stereocenters. The molecular weight excluding hydrogens is 401 g/mol. The predicted molar refractivity (Wildman–Crippen MR) is 112 cm³/mol. The second-order valence-corrected chi connectivity index (χ2v) is 6.70. The zero-order valence-corrected chi connectivity index (χ0v) is 16.7. The van der Waals surface area contributed by atoms with Gasteiger partial charge in [-0.2, -0.15) is 10.2 Å². The van der Waals surface area contributed by atoms with Crippen LogP contribution in [0, 0.1) is 5.82 Å². The highest BCUT2D eigenvalue weighted by atomic mass is 19.1. The molecule has 0 atom stereocenters. The third kappa shape index (κ3) is 5.27. The molecule has 0 aliphatic heterocycles. The summed E-state index contributed by atoms with van der Waals surface area (Å²) in [4.78, 5) is 12.5. The quantitative estimate of drug-likeness (QED) is 0.470. The van der Waals surface area contributed by atoms with Crippen LogP contribution < -0.4 is 14.8 Å². The van der Waals surface area contributed by atoms with Gasteiger partial charge in [-0.25, -0.2) is 9.07 Å². The van der Waals surface area contributed by atoms with Gasteiger partial charge in [0.05, 0.1) is 25.5 Å². The molecule has 0 spiro atoms. The fourth-order valence-electron chi connectivity index (χ4n) is 2.89. The van der Waals surface area contributed by atoms with Crippen molar-refractivity contribution in [1.82, 2.24) is 19.6 Å². The number of halogens is 1. The van der Waals surface area contributed by atoms with Crippen molar-refractivity contribution in [3.05, 3.63) is 90.3 Å². The van der Waals surface area contributed by atoms with Gasteiger partial charge in [0, 0.05) is 12.4 Å². The van der Waals surface area contributed by atoms with E-state index in [9.17, 15) is 9.18 Å². The molecule has 2 heterocycles. The van der Waals surface area contributed by atoms with Crippen molar-refractivity contribution in [1.29, 1.82) is 0 Å². The first-order chi connectivity index (χ1) is 15.1. The number of anilines is 1. The van der Waals surface area contributed by atoms with Crippen LogP contribution in [0.25, 0.3) is 0 Å². The van der Waals surface area contributed by atoms with Gasteiger partial charge in [-0.1, -0.05) is 12.1 Å². The van der Waals surface area contributed by atoms with Gasteiger partial charge in [0.2, 0.25) is 0 Å². The molecular formula is C22H20FN5O3. The molecule has 0 aliphatic rings. The van der Waals surface area contributed by atoms with E-state index in [0.29, 0.717) is 18.0 Å². The maximum absolute atomic E-state index is 12.9. The molecule has 1 N–H and O–H groups in total. The number of nitrogens with one attached hydrogen (secondary N) is 1. The van der Waals surface area contributed by atoms with Crippen molar-refractivity contribution in [2.45, 2.75) is 13.3 Å². The third-order valence-electron chi connectivity index (χ3n) is 4.42. The smallest absolute Gasteiger partial charge is 0.276 e. The lowest BCUT2D eigenvalue weighted by atomic mass is 10.2. The second kappa shape index (κ2) is 9.12. The van der Waals surface area contributed by atoms with Gasteiger partial charge in [0.25, 0.3) is 5.91 Å². The van der Waals surface area contributed by atoms with Gasteiger partial charge in [-0.05, 0) is 48.0 Å². The zero-order valence-electron chi connectivity index (χ0n) is 16.7. The summed E-state index contributed by atoms with van der Waals surface area (Å²) in [5, 5.41) is 11.2. The van der Waals surface area contributed by atoms with E-state index in [1.165, 1.54) is 28.9 Å². The van der Waals surface area contributed by atoms with E-state index in [1.54, 1.807) is 36.4 Å². The minimum absolute atomic E-state index is 0.0946. The summed E-state index contributed by atoms with van der Waals surface area (Å²) in [5.74, 6) is 0.585. The normalized spacial score (nSPS) is 10.6. The number of hydrogen-bond acceptors (Lipinski definition) is 5. The molecule has 9 heteroatoms. The van der Waals surface area contributed by atoms with Crippen molar-refractivity contribution in [2.24, 2.45) is 0 Å². The highest BCUT2D eigenvalue weighted by Crippen LogP contribution is 2.15. The molecule has 0 radical (unpaired) electrons. The Hall–Kier alpha value is -4.14. The van der Waals surface area contributed by atoms with Crippen LogP contribution in [-0.2, 0) is 13.3 Å². The molecule has 31 heavy (non-hydrogen) atoms. The van der Waals surface area contributed by atoms with Crippen molar-refractivity contribution < 1.29 is 18.7 Å². The number of aromatic nitrogens is 4. The van der Waals surface area contributed by atoms with E-state index in [4.69, 9.17) is 9.47 Å². The van der Waals surface area contributed by atoms with Gasteiger partial charge in [-0.15, -0.1) is 0 Å². The highest BCUT2D eigenvalue weighted by molar-refractivity contribution is 6.02. The van der Waals surface area contributed by atoms with Crippen LogP contribution in [0.15, 0.2) is 73.2 Å². The minimum atomic E-state index is -0.360. The molecule has 4 rings (SSSR count). The van der Waals surface area contributed by atoms with Crippen LogP contribution >= 0.6 is 0 Å². The number of nitrogens with zero attached hydrogens (tertiary/aromatic N) is 4. The van der Waals surface area contributed by atoms with E-state index in [1.807, 2.05) is 24.3 Å². The van der Waals surface area contributed by atoms with Crippen LogP contribution in [0.2, 0.25) is 0 Å². The van der Waals surface area contributed by atoms with Gasteiger partial charge >= 0.3 is 0 Å². The Labute approximate surface area is 177 Å². The molecule has 0 fully saturated rings. The van der Waals surface area contributed by atoms with Crippen molar-refractivity contribution in [2.75, 3.05) is 12.4 Å². The first-order valence-corrected chi connectivity index (χ1v) is 9.47. The number of carbonyl (C=O) groups is 1. The summed E-state index contributed by atoms with van der Waals surface area (Å²) in [6.07, 6.45) is 4.95. The topological polar surface area (TPSA) is 83.2 Å². The molecule has 1 amide bonds. The molecule has 0 saturated heterocycles. The maximum Gasteiger partial charge on any atom is 0.276 e. The van der Waals surface area contributed by atoms with Gasteiger partial charge in [0.1, 0.15) is 17.3 Å². The van der Waals surface area contributed by atoms with Crippen LogP contribution in [0.5, 0.6) is 11.5 Å². The molecule has 2 aromatic carbocycles. The zero-order chi connectivity index (χ0) is 21.6. The third-order valence-corrected chi connectivity index (χ3v) is 4.42. The summed E-state index contributed by atoms with van der Waals surface area (Å²) < 4.78 is 26.9. The largest absolute Gasteiger partial charge is 0.497 e. The second-order valence-electron chi connectivity index (χ2n) is 6.70. The summed E-state index contributed by atoms with van der Waals surface area (Å²) in [6.45, 7) is 0.639. The van der Waals surface area contributed by atoms with Gasteiger partial charge in [0.15, 0.2) is 12.4 Å². The molecule has 0 aliphatic carbocycles. The average molecular weight is 421 g/mol. The number of amides is 1. The lowest BCUT2D eigenvalue weighted by molar-refractivity contribution is 0.102. The summed E-state index contributed by atoms with van der Waals surface area (Å²) in [6, 6.07) is 15.0. The van der Waals surface area contributed by atoms with Crippen LogP contribution in [0.4, 0.5) is 10.1 Å². The molecule has 4 aromatic rings. The highest BCUT2D eigenvalue weighted by Gasteiger charge is 2.11. The van der Waals surface area contributed by atoms with Crippen LogP contribution in [0.1, 0.15) is 16.1 Å². The van der Waals surface area contributed by atoms with E-state index in [-0.39, 0.29) is 24.1 Å². The molecule has 158 valence electrons. The van der Waals surface area contributed by atoms with Crippen molar-refractivity contribution in [3.63, 3.8) is 0 Å². The molecule has 8 nitrogen and oxygen atoms in total. The maximum atomic E-state index is 12.9. The monoisotopic (exact) mass is 421 g/mol. The Morgan fingerprint density at radius 1 is 1.10 bits per heavy atom. The SMILES string of the molecule is COc1cccc(Cn2cc(NC(=O)c3ccn(COc4ccc(F)cc4)n3)cn2)c1. The van der Waals surface area contributed by atoms with Crippen LogP contribution in [-0.4, -0.2) is 32.6 Å². The van der Waals surface area contributed by atoms with Gasteiger partial charge < -0.3 is 14.8 Å². The van der Waals surface area contributed by atoms with Crippen molar-refractivity contribution in [3.8, 4) is 11.5 Å². The standard InChI is InChI=1S/C22H20FN5O3/c1-30-20-4-2-3-16(11-20)13-28-14-18(12-24-28)25-22(29)21-9-10-27(26-21)15-31-19-7-5-17(23)6-8-19/h2-12,14H,13,15H2,1H3,(H,25,29). The fourth-order valence-corrected chi connectivity index (χ4v) is 2.89. The number of methoxy groups -OCH3 is 1. The van der Waals surface area contributed by atoms with Gasteiger partial charge in [-0.3, -0.25) is 9.48 Å². The van der Waals surface area contributed by atoms with E-state index >= 15 is 0 Å². The van der Waals surface area contributed by atoms with Crippen molar-refractivity contribution >= 4 is 11.6 Å². The van der Waals surface area contributed by atoms with Crippen LogP contribution in [0.3, 0.4) is 0 Å². The fraction of sp³-hybridized carbons (Fsp3) is 0.136. The molecule has 0 bridgehead atoms. The first-order valence-electron chi connectivity index (χ1n) is 9.47. The first kappa shape index (κ1) is 20.1. The number of rotatable bonds is 8. The minimum Gasteiger partial charge on any atom is -0.497 e. The number of ether oxygens (including phenoxy) is 2. The number of hydrogen-bond donors (Lipinski definition) is 1. The van der Waals surface area contributed by atoms with E-state index < -0.39 is 0 Å². The Morgan fingerprint density at radius 3 is 2.74 bits per heavy atom. The van der Waals surface area contributed by atoms with E-state index in [2.05, 4.69) is 15.5 Å². The number of benzene rings is 2. The Bertz CT molecular complexity index is 1170. The predicted octanol–water partition coefficient (Wildman–Crippen LogP) is 3.56. The lowest BCUT2D eigenvalue weighted by Crippen LogP contribution is -2.14.